The average Bonchev–Trinajstić information content (AvgIpc) is 2.77. The highest BCUT2D eigenvalue weighted by atomic mass is 16.5. The summed E-state index contributed by atoms with van der Waals surface area (Å²) in [5.41, 5.74) is 1.26. The van der Waals surface area contributed by atoms with Crippen LogP contribution in [0.4, 0.5) is 0 Å². The fourth-order valence-corrected chi connectivity index (χ4v) is 2.50. The Bertz CT molecular complexity index is 611. The van der Waals surface area contributed by atoms with Crippen molar-refractivity contribution in [2.45, 2.75) is 19.8 Å². The summed E-state index contributed by atoms with van der Waals surface area (Å²) in [4.78, 5) is 22.9. The number of aldehydes is 1. The van der Waals surface area contributed by atoms with Gasteiger partial charge in [0.15, 0.2) is 12.9 Å². The van der Waals surface area contributed by atoms with E-state index in [1.165, 1.54) is 0 Å². The monoisotopic (exact) mass is 441 g/mol. The Morgan fingerprint density at radius 2 is 1.55 bits per heavy atom. The zero-order valence-corrected chi connectivity index (χ0v) is 18.3. The van der Waals surface area contributed by atoms with Gasteiger partial charge < -0.3 is 34.1 Å². The maximum atomic E-state index is 11.8. The van der Waals surface area contributed by atoms with Gasteiger partial charge >= 0.3 is 0 Å². The van der Waals surface area contributed by atoms with E-state index in [2.05, 4.69) is 5.32 Å². The molecule has 0 aliphatic heterocycles. The molecule has 0 aromatic heterocycles. The highest BCUT2D eigenvalue weighted by Gasteiger charge is 2.08. The van der Waals surface area contributed by atoms with Crippen molar-refractivity contribution < 1.29 is 38.4 Å². The van der Waals surface area contributed by atoms with Crippen LogP contribution in [0.3, 0.4) is 0 Å². The van der Waals surface area contributed by atoms with Crippen molar-refractivity contribution in [2.75, 3.05) is 72.6 Å². The second-order valence-corrected chi connectivity index (χ2v) is 6.62. The molecule has 0 heterocycles. The molecular formula is C22H35NO8. The number of carbonyl (C=O) groups excluding carboxylic acids is 2. The number of nitrogens with one attached hydrogen (secondary N) is 1. The molecular weight excluding hydrogens is 406 g/mol. The molecule has 0 saturated carbocycles. The number of aliphatic hydroxyl groups excluding tert-OH is 1. The smallest absolute Gasteiger partial charge is 0.258 e. The Balaban J connectivity index is 1.88. The molecule has 9 nitrogen and oxygen atoms in total. The van der Waals surface area contributed by atoms with E-state index in [-0.39, 0.29) is 19.1 Å². The molecule has 1 rings (SSSR count). The molecule has 0 radical (unpaired) electrons. The molecule has 0 atom stereocenters. The number of aliphatic hydroxyl groups is 1. The number of ether oxygens (including phenoxy) is 5. The van der Waals surface area contributed by atoms with Crippen LogP contribution in [0.5, 0.6) is 5.75 Å². The number of hydrogen-bond acceptors (Lipinski definition) is 8. The van der Waals surface area contributed by atoms with E-state index in [0.29, 0.717) is 70.7 Å². The topological polar surface area (TPSA) is 113 Å². The first-order valence-electron chi connectivity index (χ1n) is 10.5. The first-order valence-corrected chi connectivity index (χ1v) is 10.5. The number of amides is 1. The van der Waals surface area contributed by atoms with Gasteiger partial charge in [-0.15, -0.1) is 0 Å². The molecule has 0 aliphatic rings. The normalized spacial score (nSPS) is 10.8. The summed E-state index contributed by atoms with van der Waals surface area (Å²) in [6, 6.07) is 5.25. The van der Waals surface area contributed by atoms with Crippen molar-refractivity contribution >= 4 is 12.2 Å². The molecule has 0 bridgehead atoms. The lowest BCUT2D eigenvalue weighted by Crippen LogP contribution is -2.31. The number of rotatable bonds is 20. The minimum Gasteiger partial charge on any atom is -0.483 e. The summed E-state index contributed by atoms with van der Waals surface area (Å²) < 4.78 is 26.8. The van der Waals surface area contributed by atoms with Crippen LogP contribution in [-0.4, -0.2) is 89.9 Å². The van der Waals surface area contributed by atoms with E-state index < -0.39 is 0 Å². The average molecular weight is 442 g/mol. The highest BCUT2D eigenvalue weighted by molar-refractivity contribution is 5.82. The molecule has 31 heavy (non-hydrogen) atoms. The summed E-state index contributed by atoms with van der Waals surface area (Å²) in [5, 5.41) is 11.3. The Kier molecular flexibility index (Phi) is 16.3. The van der Waals surface area contributed by atoms with Crippen molar-refractivity contribution in [1.29, 1.82) is 0 Å². The predicted molar refractivity (Wildman–Crippen MR) is 115 cm³/mol. The Morgan fingerprint density at radius 3 is 2.19 bits per heavy atom. The summed E-state index contributed by atoms with van der Waals surface area (Å²) in [7, 11) is 0. The molecule has 1 aromatic rings. The van der Waals surface area contributed by atoms with E-state index in [4.69, 9.17) is 28.8 Å². The Labute approximate surface area is 184 Å². The molecule has 176 valence electrons. The number of carbonyl (C=O) groups is 2. The zero-order chi connectivity index (χ0) is 22.6. The van der Waals surface area contributed by atoms with Gasteiger partial charge in [-0.3, -0.25) is 9.59 Å². The van der Waals surface area contributed by atoms with Crippen LogP contribution in [0.2, 0.25) is 0 Å². The first kappa shape index (κ1) is 27.0. The van der Waals surface area contributed by atoms with Crippen LogP contribution in [0.25, 0.3) is 0 Å². The van der Waals surface area contributed by atoms with Crippen LogP contribution >= 0.6 is 0 Å². The molecule has 2 N–H and O–H groups in total. The largest absolute Gasteiger partial charge is 0.483 e. The lowest BCUT2D eigenvalue weighted by atomic mass is 10.1. The summed E-state index contributed by atoms with van der Waals surface area (Å²) in [6.07, 6.45) is 2.31. The molecule has 9 heteroatoms. The predicted octanol–water partition coefficient (Wildman–Crippen LogP) is 1.14. The summed E-state index contributed by atoms with van der Waals surface area (Å²) in [5.74, 6) is 0.132. The van der Waals surface area contributed by atoms with Gasteiger partial charge in [0.05, 0.1) is 38.6 Å². The fourth-order valence-electron chi connectivity index (χ4n) is 2.50. The van der Waals surface area contributed by atoms with Gasteiger partial charge in [0, 0.05) is 33.0 Å². The third-order valence-electron chi connectivity index (χ3n) is 4.09. The summed E-state index contributed by atoms with van der Waals surface area (Å²) >= 11 is 0. The Morgan fingerprint density at radius 1 is 0.935 bits per heavy atom. The van der Waals surface area contributed by atoms with Gasteiger partial charge in [0.25, 0.3) is 5.91 Å². The fraction of sp³-hybridized carbons (Fsp3) is 0.636. The van der Waals surface area contributed by atoms with Crippen LogP contribution < -0.4 is 10.1 Å². The van der Waals surface area contributed by atoms with Gasteiger partial charge in [-0.05, 0) is 31.4 Å². The van der Waals surface area contributed by atoms with Gasteiger partial charge in [0.2, 0.25) is 0 Å². The third-order valence-corrected chi connectivity index (χ3v) is 4.09. The van der Waals surface area contributed by atoms with Crippen LogP contribution in [0.1, 0.15) is 28.8 Å². The van der Waals surface area contributed by atoms with Gasteiger partial charge in [-0.1, -0.05) is 12.1 Å². The lowest BCUT2D eigenvalue weighted by Gasteiger charge is -2.10. The van der Waals surface area contributed by atoms with E-state index in [1.54, 1.807) is 12.1 Å². The molecule has 0 unspecified atom stereocenters. The van der Waals surface area contributed by atoms with Crippen LogP contribution in [-0.2, 0) is 23.7 Å². The molecule has 0 spiro atoms. The molecule has 1 aromatic carbocycles. The highest BCUT2D eigenvalue weighted by Crippen LogP contribution is 2.19. The summed E-state index contributed by atoms with van der Waals surface area (Å²) in [6.45, 7) is 6.22. The second kappa shape index (κ2) is 18.7. The lowest BCUT2D eigenvalue weighted by molar-refractivity contribution is -0.123. The van der Waals surface area contributed by atoms with Gasteiger partial charge in [0.1, 0.15) is 5.75 Å². The van der Waals surface area contributed by atoms with Gasteiger partial charge in [-0.25, -0.2) is 0 Å². The van der Waals surface area contributed by atoms with Crippen LogP contribution in [0, 0.1) is 6.92 Å². The SMILES string of the molecule is Cc1cccc(OCC(=O)NCCOCCCOCCCOCCOCCO)c1C=O. The molecule has 0 fully saturated rings. The van der Waals surface area contributed by atoms with Crippen molar-refractivity contribution in [1.82, 2.24) is 5.32 Å². The van der Waals surface area contributed by atoms with Crippen molar-refractivity contribution in [2.24, 2.45) is 0 Å². The quantitative estimate of drug-likeness (QED) is 0.229. The van der Waals surface area contributed by atoms with Gasteiger partial charge in [-0.2, -0.15) is 0 Å². The second-order valence-electron chi connectivity index (χ2n) is 6.62. The first-order chi connectivity index (χ1) is 15.2. The molecule has 1 amide bonds. The van der Waals surface area contributed by atoms with Crippen molar-refractivity contribution in [3.8, 4) is 5.75 Å². The van der Waals surface area contributed by atoms with Crippen molar-refractivity contribution in [3.05, 3.63) is 29.3 Å². The van der Waals surface area contributed by atoms with E-state index in [1.807, 2.05) is 13.0 Å². The molecule has 0 aliphatic carbocycles. The minimum absolute atomic E-state index is 0.0276. The third kappa shape index (κ3) is 13.8. The Hall–Kier alpha value is -2.04. The molecule has 0 saturated heterocycles. The zero-order valence-electron chi connectivity index (χ0n) is 18.3. The van der Waals surface area contributed by atoms with E-state index in [9.17, 15) is 9.59 Å². The van der Waals surface area contributed by atoms with E-state index in [0.717, 1.165) is 24.7 Å². The maximum Gasteiger partial charge on any atom is 0.258 e. The standard InChI is InChI=1S/C22H35NO8/c1-19-5-2-6-21(20(19)17-25)31-18-22(26)23-7-13-28-11-3-9-27-10-4-12-29-15-16-30-14-8-24/h2,5-6,17,24H,3-4,7-16,18H2,1H3,(H,23,26). The minimum atomic E-state index is -0.271. The number of hydrogen-bond donors (Lipinski definition) is 2. The number of benzene rings is 1. The number of aryl methyl sites for hydroxylation is 1. The van der Waals surface area contributed by atoms with Crippen molar-refractivity contribution in [3.63, 3.8) is 0 Å². The van der Waals surface area contributed by atoms with E-state index >= 15 is 0 Å². The maximum absolute atomic E-state index is 11.8. The van der Waals surface area contributed by atoms with Crippen LogP contribution in [0.15, 0.2) is 18.2 Å².